The van der Waals surface area contributed by atoms with Gasteiger partial charge in [0.15, 0.2) is 0 Å². The number of rotatable bonds is 3. The van der Waals surface area contributed by atoms with Crippen molar-refractivity contribution in [2.45, 2.75) is 19.4 Å². The summed E-state index contributed by atoms with van der Waals surface area (Å²) in [6.07, 6.45) is 1.44. The molecule has 1 aromatic heterocycles. The zero-order valence-corrected chi connectivity index (χ0v) is 11.4. The van der Waals surface area contributed by atoms with Gasteiger partial charge in [0, 0.05) is 22.7 Å². The van der Waals surface area contributed by atoms with E-state index in [2.05, 4.69) is 4.98 Å². The predicted octanol–water partition coefficient (Wildman–Crippen LogP) is 3.97. The second kappa shape index (κ2) is 5.70. The number of aromatic nitrogens is 1. The largest absolute Gasteiger partial charge is 0.386 e. The number of pyridine rings is 1. The van der Waals surface area contributed by atoms with Gasteiger partial charge in [-0.1, -0.05) is 35.3 Å². The van der Waals surface area contributed by atoms with Crippen molar-refractivity contribution in [3.05, 3.63) is 63.4 Å². The molecule has 1 aromatic carbocycles. The normalized spacial score (nSPS) is 12.4. The number of aliphatic hydroxyl groups excluding tert-OH is 1. The third kappa shape index (κ3) is 3.02. The van der Waals surface area contributed by atoms with Crippen LogP contribution in [0.5, 0.6) is 0 Å². The Kier molecular flexibility index (Phi) is 4.23. The van der Waals surface area contributed by atoms with Crippen molar-refractivity contribution < 1.29 is 5.11 Å². The number of hydrogen-bond donors (Lipinski definition) is 1. The number of benzene rings is 1. The highest BCUT2D eigenvalue weighted by molar-refractivity contribution is 6.35. The lowest BCUT2D eigenvalue weighted by Gasteiger charge is -2.13. The van der Waals surface area contributed by atoms with Gasteiger partial charge in [0.05, 0.1) is 5.69 Å². The fourth-order valence-corrected chi connectivity index (χ4v) is 2.32. The van der Waals surface area contributed by atoms with Crippen molar-refractivity contribution in [2.75, 3.05) is 0 Å². The summed E-state index contributed by atoms with van der Waals surface area (Å²) in [6, 6.07) is 9.04. The van der Waals surface area contributed by atoms with Gasteiger partial charge in [-0.15, -0.1) is 0 Å². The Balaban J connectivity index is 2.21. The number of hydrogen-bond acceptors (Lipinski definition) is 2. The molecule has 18 heavy (non-hydrogen) atoms. The van der Waals surface area contributed by atoms with Crippen LogP contribution in [0.1, 0.15) is 22.9 Å². The highest BCUT2D eigenvalue weighted by Gasteiger charge is 2.14. The Hall–Kier alpha value is -1.09. The lowest BCUT2D eigenvalue weighted by molar-refractivity contribution is 0.173. The van der Waals surface area contributed by atoms with E-state index in [1.54, 1.807) is 18.3 Å². The van der Waals surface area contributed by atoms with Gasteiger partial charge in [-0.25, -0.2) is 0 Å². The van der Waals surface area contributed by atoms with E-state index in [9.17, 15) is 5.11 Å². The minimum atomic E-state index is -0.662. The van der Waals surface area contributed by atoms with Gasteiger partial charge in [-0.3, -0.25) is 4.98 Å². The van der Waals surface area contributed by atoms with Crippen LogP contribution >= 0.6 is 23.2 Å². The van der Waals surface area contributed by atoms with Crippen LogP contribution in [-0.4, -0.2) is 10.1 Å². The first-order valence-corrected chi connectivity index (χ1v) is 6.37. The highest BCUT2D eigenvalue weighted by Crippen LogP contribution is 2.26. The summed E-state index contributed by atoms with van der Waals surface area (Å²) in [6.45, 7) is 1.93. The molecule has 0 spiro atoms. The van der Waals surface area contributed by atoms with Crippen molar-refractivity contribution in [2.24, 2.45) is 0 Å². The molecule has 2 nitrogen and oxygen atoms in total. The lowest BCUT2D eigenvalue weighted by atomic mass is 10.0. The Labute approximate surface area is 116 Å². The topological polar surface area (TPSA) is 33.1 Å². The Morgan fingerprint density at radius 3 is 2.72 bits per heavy atom. The molecule has 2 aromatic rings. The molecular formula is C14H13Cl2NO. The van der Waals surface area contributed by atoms with Crippen molar-refractivity contribution in [3.63, 3.8) is 0 Å². The van der Waals surface area contributed by atoms with Crippen LogP contribution in [0, 0.1) is 6.92 Å². The van der Waals surface area contributed by atoms with Crippen molar-refractivity contribution in [1.82, 2.24) is 4.98 Å². The van der Waals surface area contributed by atoms with Gasteiger partial charge in [0.1, 0.15) is 6.10 Å². The molecule has 0 fully saturated rings. The maximum Gasteiger partial charge on any atom is 0.100 e. The first-order chi connectivity index (χ1) is 8.58. The zero-order valence-electron chi connectivity index (χ0n) is 9.90. The minimum Gasteiger partial charge on any atom is -0.386 e. The van der Waals surface area contributed by atoms with E-state index in [4.69, 9.17) is 23.2 Å². The van der Waals surface area contributed by atoms with E-state index < -0.39 is 6.10 Å². The van der Waals surface area contributed by atoms with Gasteiger partial charge in [-0.05, 0) is 36.2 Å². The second-order valence-electron chi connectivity index (χ2n) is 4.16. The third-order valence-corrected chi connectivity index (χ3v) is 3.38. The van der Waals surface area contributed by atoms with Gasteiger partial charge >= 0.3 is 0 Å². The average molecular weight is 282 g/mol. The van der Waals surface area contributed by atoms with E-state index >= 15 is 0 Å². The van der Waals surface area contributed by atoms with Crippen LogP contribution in [0.3, 0.4) is 0 Å². The zero-order chi connectivity index (χ0) is 13.1. The van der Waals surface area contributed by atoms with Crippen LogP contribution in [-0.2, 0) is 6.42 Å². The molecular weight excluding hydrogens is 269 g/mol. The molecule has 0 saturated heterocycles. The summed E-state index contributed by atoms with van der Waals surface area (Å²) in [5.74, 6) is 0. The van der Waals surface area contributed by atoms with Crippen molar-refractivity contribution >= 4 is 23.2 Å². The second-order valence-corrected chi connectivity index (χ2v) is 5.00. The Bertz CT molecular complexity index is 557. The molecule has 0 saturated carbocycles. The monoisotopic (exact) mass is 281 g/mol. The molecule has 2 rings (SSSR count). The van der Waals surface area contributed by atoms with Crippen LogP contribution in [0.4, 0.5) is 0 Å². The molecule has 1 atom stereocenters. The Morgan fingerprint density at radius 1 is 1.28 bits per heavy atom. The molecule has 4 heteroatoms. The standard InChI is InChI=1S/C14H13Cl2NO/c1-9-3-2-6-17-14(9)13(18)7-10-4-5-11(15)8-12(10)16/h2-6,8,13,18H,7H2,1H3. The molecule has 94 valence electrons. The molecule has 0 bridgehead atoms. The molecule has 0 aliphatic heterocycles. The smallest absolute Gasteiger partial charge is 0.100 e. The number of nitrogens with zero attached hydrogens (tertiary/aromatic N) is 1. The molecule has 1 unspecified atom stereocenters. The van der Waals surface area contributed by atoms with Gasteiger partial charge in [0.2, 0.25) is 0 Å². The predicted molar refractivity (Wildman–Crippen MR) is 74.1 cm³/mol. The summed E-state index contributed by atoms with van der Waals surface area (Å²) in [5.41, 5.74) is 2.51. The van der Waals surface area contributed by atoms with E-state index in [0.29, 0.717) is 22.2 Å². The first-order valence-electron chi connectivity index (χ1n) is 5.61. The number of halogens is 2. The summed E-state index contributed by atoms with van der Waals surface area (Å²) < 4.78 is 0. The minimum absolute atomic E-state index is 0.424. The van der Waals surface area contributed by atoms with Crippen molar-refractivity contribution in [1.29, 1.82) is 0 Å². The number of aryl methyl sites for hydroxylation is 1. The van der Waals surface area contributed by atoms with Gasteiger partial charge in [-0.2, -0.15) is 0 Å². The first kappa shape index (κ1) is 13.3. The van der Waals surface area contributed by atoms with Crippen LogP contribution in [0.2, 0.25) is 10.0 Å². The summed E-state index contributed by atoms with van der Waals surface area (Å²) >= 11 is 11.9. The maximum atomic E-state index is 10.2. The molecule has 0 aliphatic carbocycles. The van der Waals surface area contributed by atoms with Crippen LogP contribution < -0.4 is 0 Å². The van der Waals surface area contributed by atoms with E-state index in [-0.39, 0.29) is 0 Å². The SMILES string of the molecule is Cc1cccnc1C(O)Cc1ccc(Cl)cc1Cl. The molecule has 0 amide bonds. The van der Waals surface area contributed by atoms with E-state index in [1.165, 1.54) is 0 Å². The molecule has 1 N–H and O–H groups in total. The fraction of sp³-hybridized carbons (Fsp3) is 0.214. The Morgan fingerprint density at radius 2 is 2.06 bits per heavy atom. The quantitative estimate of drug-likeness (QED) is 0.923. The van der Waals surface area contributed by atoms with E-state index in [1.807, 2.05) is 25.1 Å². The van der Waals surface area contributed by atoms with Gasteiger partial charge in [0.25, 0.3) is 0 Å². The van der Waals surface area contributed by atoms with Crippen LogP contribution in [0.25, 0.3) is 0 Å². The third-order valence-electron chi connectivity index (χ3n) is 2.79. The molecule has 0 aliphatic rings. The summed E-state index contributed by atoms with van der Waals surface area (Å²) in [4.78, 5) is 4.20. The highest BCUT2D eigenvalue weighted by atomic mass is 35.5. The summed E-state index contributed by atoms with van der Waals surface area (Å²) in [7, 11) is 0. The van der Waals surface area contributed by atoms with Crippen molar-refractivity contribution in [3.8, 4) is 0 Å². The number of aliphatic hydroxyl groups is 1. The summed E-state index contributed by atoms with van der Waals surface area (Å²) in [5, 5.41) is 11.3. The van der Waals surface area contributed by atoms with Crippen LogP contribution in [0.15, 0.2) is 36.5 Å². The lowest BCUT2D eigenvalue weighted by Crippen LogP contribution is -2.06. The van der Waals surface area contributed by atoms with E-state index in [0.717, 1.165) is 11.1 Å². The maximum absolute atomic E-state index is 10.2. The fourth-order valence-electron chi connectivity index (χ4n) is 1.84. The average Bonchev–Trinajstić information content (AvgIpc) is 2.33. The van der Waals surface area contributed by atoms with Gasteiger partial charge < -0.3 is 5.11 Å². The molecule has 1 heterocycles. The molecule has 0 radical (unpaired) electrons.